The first-order chi connectivity index (χ1) is 13.1. The zero-order valence-corrected chi connectivity index (χ0v) is 18.5. The standard InChI is InChI=1S/C23H38N2O3/c1-22(2,3)17-15-18(20(26)19(16-17)23(4,5)6)21(24-7-11-27-12-8-24)25-9-13-28-14-10-25/h15-16,21,26H,7-14H2,1-6H3. The van der Waals surface area contributed by atoms with Crippen LogP contribution in [0.2, 0.25) is 0 Å². The monoisotopic (exact) mass is 390 g/mol. The summed E-state index contributed by atoms with van der Waals surface area (Å²) in [4.78, 5) is 4.92. The third-order valence-corrected chi connectivity index (χ3v) is 5.87. The summed E-state index contributed by atoms with van der Waals surface area (Å²) in [6, 6.07) is 4.44. The van der Waals surface area contributed by atoms with Crippen LogP contribution in [0.5, 0.6) is 5.75 Å². The molecule has 0 bridgehead atoms. The van der Waals surface area contributed by atoms with Gasteiger partial charge in [-0.25, -0.2) is 0 Å². The molecule has 5 heteroatoms. The van der Waals surface area contributed by atoms with Gasteiger partial charge in [-0.2, -0.15) is 0 Å². The van der Waals surface area contributed by atoms with Crippen molar-refractivity contribution in [3.05, 3.63) is 28.8 Å². The summed E-state index contributed by atoms with van der Waals surface area (Å²) in [6.07, 6.45) is 0.0520. The fraction of sp³-hybridized carbons (Fsp3) is 0.739. The molecule has 0 spiro atoms. The van der Waals surface area contributed by atoms with Gasteiger partial charge in [0, 0.05) is 31.7 Å². The van der Waals surface area contributed by atoms with Crippen molar-refractivity contribution in [1.29, 1.82) is 0 Å². The lowest BCUT2D eigenvalue weighted by Gasteiger charge is -2.44. The van der Waals surface area contributed by atoms with Gasteiger partial charge < -0.3 is 14.6 Å². The summed E-state index contributed by atoms with van der Waals surface area (Å²) >= 11 is 0. The Balaban J connectivity index is 2.14. The van der Waals surface area contributed by atoms with Crippen LogP contribution in [0.3, 0.4) is 0 Å². The van der Waals surface area contributed by atoms with Gasteiger partial charge in [0.05, 0.1) is 32.6 Å². The van der Waals surface area contributed by atoms with Crippen molar-refractivity contribution in [1.82, 2.24) is 9.80 Å². The van der Waals surface area contributed by atoms with Crippen LogP contribution < -0.4 is 0 Å². The van der Waals surface area contributed by atoms with E-state index in [2.05, 4.69) is 63.5 Å². The first kappa shape index (κ1) is 21.6. The molecule has 2 saturated heterocycles. The van der Waals surface area contributed by atoms with Crippen molar-refractivity contribution in [3.8, 4) is 5.75 Å². The topological polar surface area (TPSA) is 45.2 Å². The maximum Gasteiger partial charge on any atom is 0.125 e. The number of rotatable bonds is 3. The average Bonchev–Trinajstić information content (AvgIpc) is 2.63. The van der Waals surface area contributed by atoms with E-state index in [9.17, 15) is 5.11 Å². The van der Waals surface area contributed by atoms with E-state index >= 15 is 0 Å². The van der Waals surface area contributed by atoms with Gasteiger partial charge in [0.1, 0.15) is 5.75 Å². The molecule has 2 aliphatic rings. The van der Waals surface area contributed by atoms with E-state index in [-0.39, 0.29) is 17.0 Å². The highest BCUT2D eigenvalue weighted by atomic mass is 16.5. The van der Waals surface area contributed by atoms with Gasteiger partial charge >= 0.3 is 0 Å². The third kappa shape index (κ3) is 4.70. The first-order valence-electron chi connectivity index (χ1n) is 10.6. The van der Waals surface area contributed by atoms with Crippen LogP contribution in [0.25, 0.3) is 0 Å². The Morgan fingerprint density at radius 1 is 0.786 bits per heavy atom. The summed E-state index contributed by atoms with van der Waals surface area (Å²) in [5.74, 6) is 0.448. The number of phenols is 1. The third-order valence-electron chi connectivity index (χ3n) is 5.87. The maximum absolute atomic E-state index is 11.4. The van der Waals surface area contributed by atoms with Crippen LogP contribution in [0, 0.1) is 0 Å². The molecule has 0 atom stereocenters. The summed E-state index contributed by atoms with van der Waals surface area (Å²) in [6.45, 7) is 19.8. The zero-order chi connectivity index (χ0) is 20.5. The number of morpholine rings is 2. The number of nitrogens with zero attached hydrogens (tertiary/aromatic N) is 2. The molecule has 1 aromatic rings. The molecule has 2 heterocycles. The molecule has 2 fully saturated rings. The van der Waals surface area contributed by atoms with E-state index < -0.39 is 0 Å². The number of benzene rings is 1. The molecular weight excluding hydrogens is 352 g/mol. The van der Waals surface area contributed by atoms with Crippen LogP contribution in [-0.2, 0) is 20.3 Å². The number of phenolic OH excluding ortho intramolecular Hbond substituents is 1. The predicted molar refractivity (Wildman–Crippen MR) is 113 cm³/mol. The lowest BCUT2D eigenvalue weighted by atomic mass is 9.78. The molecule has 1 aromatic carbocycles. The molecule has 5 nitrogen and oxygen atoms in total. The minimum atomic E-state index is -0.124. The van der Waals surface area contributed by atoms with Crippen LogP contribution >= 0.6 is 0 Å². The summed E-state index contributed by atoms with van der Waals surface area (Å²) in [5, 5.41) is 11.4. The number of ether oxygens (including phenoxy) is 2. The fourth-order valence-electron chi connectivity index (χ4n) is 4.13. The van der Waals surface area contributed by atoms with Gasteiger partial charge in [-0.15, -0.1) is 0 Å². The summed E-state index contributed by atoms with van der Waals surface area (Å²) in [5.41, 5.74) is 3.23. The van der Waals surface area contributed by atoms with Crippen LogP contribution in [0.15, 0.2) is 12.1 Å². The van der Waals surface area contributed by atoms with Gasteiger partial charge in [0.15, 0.2) is 0 Å². The molecule has 28 heavy (non-hydrogen) atoms. The fourth-order valence-corrected chi connectivity index (χ4v) is 4.13. The van der Waals surface area contributed by atoms with Gasteiger partial charge in [0.2, 0.25) is 0 Å². The molecule has 158 valence electrons. The van der Waals surface area contributed by atoms with Crippen LogP contribution in [0.4, 0.5) is 0 Å². The van der Waals surface area contributed by atoms with Crippen molar-refractivity contribution >= 4 is 0 Å². The first-order valence-corrected chi connectivity index (χ1v) is 10.6. The van der Waals surface area contributed by atoms with E-state index in [1.54, 1.807) is 0 Å². The normalized spacial score (nSPS) is 20.7. The van der Waals surface area contributed by atoms with Gasteiger partial charge in [-0.3, -0.25) is 9.80 Å². The van der Waals surface area contributed by atoms with E-state index in [0.29, 0.717) is 5.75 Å². The second-order valence-electron chi connectivity index (χ2n) is 10.1. The lowest BCUT2D eigenvalue weighted by Crippen LogP contribution is -2.50. The predicted octanol–water partition coefficient (Wildman–Crippen LogP) is 3.65. The lowest BCUT2D eigenvalue weighted by molar-refractivity contribution is -0.0683. The minimum Gasteiger partial charge on any atom is -0.507 e. The van der Waals surface area contributed by atoms with Crippen molar-refractivity contribution < 1.29 is 14.6 Å². The second kappa shape index (κ2) is 8.31. The van der Waals surface area contributed by atoms with Gasteiger partial charge in [0.25, 0.3) is 0 Å². The molecule has 0 radical (unpaired) electrons. The van der Waals surface area contributed by atoms with E-state index in [0.717, 1.165) is 63.7 Å². The van der Waals surface area contributed by atoms with Crippen molar-refractivity contribution in [2.75, 3.05) is 52.6 Å². The molecule has 0 aromatic heterocycles. The maximum atomic E-state index is 11.4. The Labute approximate surface area is 170 Å². The molecule has 0 saturated carbocycles. The number of hydrogen-bond donors (Lipinski definition) is 1. The largest absolute Gasteiger partial charge is 0.507 e. The molecule has 3 rings (SSSR count). The van der Waals surface area contributed by atoms with E-state index in [4.69, 9.17) is 9.47 Å². The molecule has 0 amide bonds. The Bertz CT molecular complexity index is 646. The van der Waals surface area contributed by atoms with Gasteiger partial charge in [-0.1, -0.05) is 47.6 Å². The van der Waals surface area contributed by atoms with Crippen molar-refractivity contribution in [3.63, 3.8) is 0 Å². The highest BCUT2D eigenvalue weighted by Gasteiger charge is 2.34. The summed E-state index contributed by atoms with van der Waals surface area (Å²) < 4.78 is 11.2. The van der Waals surface area contributed by atoms with Crippen molar-refractivity contribution in [2.24, 2.45) is 0 Å². The van der Waals surface area contributed by atoms with Crippen LogP contribution in [-0.4, -0.2) is 67.5 Å². The Morgan fingerprint density at radius 3 is 1.64 bits per heavy atom. The smallest absolute Gasteiger partial charge is 0.125 e. The second-order valence-corrected chi connectivity index (χ2v) is 10.1. The minimum absolute atomic E-state index is 0.0169. The highest BCUT2D eigenvalue weighted by molar-refractivity contribution is 5.50. The molecule has 1 N–H and O–H groups in total. The average molecular weight is 391 g/mol. The Kier molecular flexibility index (Phi) is 6.40. The van der Waals surface area contributed by atoms with Gasteiger partial charge in [-0.05, 0) is 28.0 Å². The number of aromatic hydroxyl groups is 1. The highest BCUT2D eigenvalue weighted by Crippen LogP contribution is 2.42. The molecule has 0 aliphatic carbocycles. The van der Waals surface area contributed by atoms with Crippen molar-refractivity contribution in [2.45, 2.75) is 58.5 Å². The van der Waals surface area contributed by atoms with Crippen LogP contribution in [0.1, 0.15) is 64.4 Å². The quantitative estimate of drug-likeness (QED) is 0.854. The SMILES string of the molecule is CC(C)(C)c1cc(C(N2CCOCC2)N2CCOCC2)c(O)c(C(C)(C)C)c1. The molecular formula is C23H38N2O3. The number of hydrogen-bond acceptors (Lipinski definition) is 5. The molecule has 0 unspecified atom stereocenters. The van der Waals surface area contributed by atoms with E-state index in [1.807, 2.05) is 0 Å². The molecule has 2 aliphatic heterocycles. The summed E-state index contributed by atoms with van der Waals surface area (Å²) in [7, 11) is 0. The zero-order valence-electron chi connectivity index (χ0n) is 18.5. The Morgan fingerprint density at radius 2 is 1.25 bits per heavy atom. The Hall–Kier alpha value is -1.14. The van der Waals surface area contributed by atoms with E-state index in [1.165, 1.54) is 5.56 Å².